The Morgan fingerprint density at radius 2 is 2.00 bits per heavy atom. The molecule has 3 rings (SSSR count). The molecule has 0 spiro atoms. The lowest BCUT2D eigenvalue weighted by molar-refractivity contribution is 0.420. The number of benzene rings is 2. The van der Waals surface area contributed by atoms with E-state index in [1.165, 1.54) is 36.0 Å². The highest BCUT2D eigenvalue weighted by molar-refractivity contribution is 6.33. The molecule has 0 saturated heterocycles. The minimum absolute atomic E-state index is 0.761. The first-order chi connectivity index (χ1) is 10.3. The van der Waals surface area contributed by atoms with Crippen LogP contribution in [0.1, 0.15) is 43.2 Å². The third kappa shape index (κ3) is 3.30. The van der Waals surface area contributed by atoms with E-state index < -0.39 is 0 Å². The van der Waals surface area contributed by atoms with Crippen LogP contribution in [-0.2, 0) is 6.54 Å². The summed E-state index contributed by atoms with van der Waals surface area (Å²) in [6, 6.07) is 15.3. The van der Waals surface area contributed by atoms with Crippen LogP contribution in [0.25, 0.3) is 11.1 Å². The predicted octanol–water partition coefficient (Wildman–Crippen LogP) is 5.38. The van der Waals surface area contributed by atoms with Crippen LogP contribution in [0.4, 0.5) is 0 Å². The average molecular weight is 300 g/mol. The van der Waals surface area contributed by atoms with Crippen LogP contribution in [0.15, 0.2) is 42.5 Å². The fourth-order valence-electron chi connectivity index (χ4n) is 2.87. The van der Waals surface area contributed by atoms with Gasteiger partial charge in [-0.1, -0.05) is 61.3 Å². The van der Waals surface area contributed by atoms with Crippen LogP contribution < -0.4 is 5.32 Å². The maximum Gasteiger partial charge on any atom is 0.0487 e. The second kappa shape index (κ2) is 6.64. The third-order valence-electron chi connectivity index (χ3n) is 4.39. The lowest BCUT2D eigenvalue weighted by Crippen LogP contribution is -2.11. The molecule has 0 aliphatic heterocycles. The summed E-state index contributed by atoms with van der Waals surface area (Å²) >= 11 is 6.49. The van der Waals surface area contributed by atoms with Crippen molar-refractivity contribution < 1.29 is 0 Å². The van der Waals surface area contributed by atoms with E-state index in [4.69, 9.17) is 11.6 Å². The van der Waals surface area contributed by atoms with Gasteiger partial charge in [0, 0.05) is 17.1 Å². The van der Waals surface area contributed by atoms with E-state index in [1.54, 1.807) is 0 Å². The van der Waals surface area contributed by atoms with Crippen LogP contribution >= 0.6 is 11.6 Å². The fraction of sp³-hybridized carbons (Fsp3) is 0.368. The van der Waals surface area contributed by atoms with Gasteiger partial charge in [-0.25, -0.2) is 0 Å². The Balaban J connectivity index is 1.85. The lowest BCUT2D eigenvalue weighted by atomic mass is 9.79. The zero-order chi connectivity index (χ0) is 14.7. The van der Waals surface area contributed by atoms with Gasteiger partial charge < -0.3 is 5.32 Å². The zero-order valence-electron chi connectivity index (χ0n) is 12.5. The normalized spacial score (nSPS) is 15.0. The second-order valence-corrected chi connectivity index (χ2v) is 6.26. The summed E-state index contributed by atoms with van der Waals surface area (Å²) < 4.78 is 0. The molecule has 21 heavy (non-hydrogen) atoms. The van der Waals surface area contributed by atoms with Gasteiger partial charge in [0.15, 0.2) is 0 Å². The molecule has 0 heterocycles. The third-order valence-corrected chi connectivity index (χ3v) is 4.70. The van der Waals surface area contributed by atoms with Crippen molar-refractivity contribution in [3.63, 3.8) is 0 Å². The van der Waals surface area contributed by atoms with Gasteiger partial charge in [0.05, 0.1) is 0 Å². The molecule has 0 aromatic heterocycles. The van der Waals surface area contributed by atoms with Crippen LogP contribution in [0.5, 0.6) is 0 Å². The van der Waals surface area contributed by atoms with Crippen molar-refractivity contribution in [2.24, 2.45) is 0 Å². The Hall–Kier alpha value is -1.31. The molecule has 2 heteroatoms. The Kier molecular flexibility index (Phi) is 4.62. The molecule has 2 aromatic carbocycles. The smallest absolute Gasteiger partial charge is 0.0487 e. The first-order valence-corrected chi connectivity index (χ1v) is 8.25. The van der Waals surface area contributed by atoms with Crippen molar-refractivity contribution in [3.05, 3.63) is 58.6 Å². The number of halogens is 1. The molecule has 0 unspecified atom stereocenters. The quantitative estimate of drug-likeness (QED) is 0.781. The number of hydrogen-bond acceptors (Lipinski definition) is 1. The summed E-state index contributed by atoms with van der Waals surface area (Å²) in [5.41, 5.74) is 5.07. The van der Waals surface area contributed by atoms with Gasteiger partial charge in [0.2, 0.25) is 0 Å². The fourth-order valence-corrected chi connectivity index (χ4v) is 3.19. The van der Waals surface area contributed by atoms with Crippen molar-refractivity contribution in [1.29, 1.82) is 0 Å². The van der Waals surface area contributed by atoms with Crippen LogP contribution in [0.3, 0.4) is 0 Å². The van der Waals surface area contributed by atoms with E-state index in [2.05, 4.69) is 54.7 Å². The molecule has 1 saturated carbocycles. The number of rotatable bonds is 5. The Labute approximate surface area is 132 Å². The van der Waals surface area contributed by atoms with E-state index in [9.17, 15) is 0 Å². The summed E-state index contributed by atoms with van der Waals surface area (Å²) in [5.74, 6) is 0.761. The van der Waals surface area contributed by atoms with E-state index in [0.29, 0.717) is 0 Å². The molecule has 0 amide bonds. The van der Waals surface area contributed by atoms with Gasteiger partial charge >= 0.3 is 0 Å². The monoisotopic (exact) mass is 299 g/mol. The Bertz CT molecular complexity index is 617. The molecule has 0 bridgehead atoms. The van der Waals surface area contributed by atoms with E-state index >= 15 is 0 Å². The molecule has 0 radical (unpaired) electrons. The molecule has 1 nitrogen and oxygen atoms in total. The van der Waals surface area contributed by atoms with Gasteiger partial charge in [-0.2, -0.15) is 0 Å². The molecular formula is C19H22ClN. The largest absolute Gasteiger partial charge is 0.313 e. The van der Waals surface area contributed by atoms with Crippen LogP contribution in [0.2, 0.25) is 5.02 Å². The van der Waals surface area contributed by atoms with Gasteiger partial charge in [0.1, 0.15) is 0 Å². The van der Waals surface area contributed by atoms with E-state index in [-0.39, 0.29) is 0 Å². The highest BCUT2D eigenvalue weighted by atomic mass is 35.5. The summed E-state index contributed by atoms with van der Waals surface area (Å²) in [4.78, 5) is 0. The number of hydrogen-bond donors (Lipinski definition) is 1. The van der Waals surface area contributed by atoms with E-state index in [0.717, 1.165) is 29.6 Å². The minimum Gasteiger partial charge on any atom is -0.313 e. The molecule has 2 aromatic rings. The Morgan fingerprint density at radius 1 is 1.14 bits per heavy atom. The standard InChI is InChI=1S/C19H22ClN/c1-2-21-13-14-9-10-18(19(20)11-14)17-8-4-7-16(12-17)15-5-3-6-15/h4,7-12,15,21H,2-3,5-6,13H2,1H3. The first kappa shape index (κ1) is 14.6. The highest BCUT2D eigenvalue weighted by Crippen LogP contribution is 2.38. The van der Waals surface area contributed by atoms with Gasteiger partial charge in [-0.05, 0) is 48.1 Å². The van der Waals surface area contributed by atoms with Gasteiger partial charge in [0.25, 0.3) is 0 Å². The molecular weight excluding hydrogens is 278 g/mol. The summed E-state index contributed by atoms with van der Waals surface area (Å²) in [5, 5.41) is 4.18. The van der Waals surface area contributed by atoms with Crippen molar-refractivity contribution >= 4 is 11.6 Å². The van der Waals surface area contributed by atoms with Crippen molar-refractivity contribution in [2.75, 3.05) is 6.54 Å². The molecule has 110 valence electrons. The van der Waals surface area contributed by atoms with Gasteiger partial charge in [-0.15, -0.1) is 0 Å². The zero-order valence-corrected chi connectivity index (χ0v) is 13.3. The average Bonchev–Trinajstić information content (AvgIpc) is 2.44. The van der Waals surface area contributed by atoms with Crippen LogP contribution in [-0.4, -0.2) is 6.54 Å². The second-order valence-electron chi connectivity index (χ2n) is 5.85. The first-order valence-electron chi connectivity index (χ1n) is 7.87. The molecule has 1 N–H and O–H groups in total. The number of nitrogens with one attached hydrogen (secondary N) is 1. The van der Waals surface area contributed by atoms with E-state index in [1.807, 2.05) is 0 Å². The van der Waals surface area contributed by atoms with Crippen molar-refractivity contribution in [1.82, 2.24) is 5.32 Å². The SMILES string of the molecule is CCNCc1ccc(-c2cccc(C3CCC3)c2)c(Cl)c1. The van der Waals surface area contributed by atoms with Crippen molar-refractivity contribution in [3.8, 4) is 11.1 Å². The molecule has 1 fully saturated rings. The molecule has 1 aliphatic carbocycles. The van der Waals surface area contributed by atoms with Crippen molar-refractivity contribution in [2.45, 2.75) is 38.6 Å². The summed E-state index contributed by atoms with van der Waals surface area (Å²) in [6.45, 7) is 3.96. The minimum atomic E-state index is 0.761. The van der Waals surface area contributed by atoms with Gasteiger partial charge in [-0.3, -0.25) is 0 Å². The lowest BCUT2D eigenvalue weighted by Gasteiger charge is -2.26. The topological polar surface area (TPSA) is 12.0 Å². The Morgan fingerprint density at radius 3 is 2.67 bits per heavy atom. The van der Waals surface area contributed by atoms with Crippen LogP contribution in [0, 0.1) is 0 Å². The summed E-state index contributed by atoms with van der Waals surface area (Å²) in [6.07, 6.45) is 4.03. The maximum atomic E-state index is 6.49. The molecule has 1 aliphatic rings. The highest BCUT2D eigenvalue weighted by Gasteiger charge is 2.19. The molecule has 0 atom stereocenters. The predicted molar refractivity (Wildman–Crippen MR) is 90.9 cm³/mol. The maximum absolute atomic E-state index is 6.49. The summed E-state index contributed by atoms with van der Waals surface area (Å²) in [7, 11) is 0.